The third-order valence-corrected chi connectivity index (χ3v) is 6.86. The number of ether oxygens (including phenoxy) is 1. The summed E-state index contributed by atoms with van der Waals surface area (Å²) in [5.41, 5.74) is 5.37. The van der Waals surface area contributed by atoms with Crippen LogP contribution in [0.15, 0.2) is 78.0 Å². The molecule has 0 aliphatic carbocycles. The number of rotatable bonds is 10. The average Bonchev–Trinajstić information content (AvgIpc) is 3.32. The summed E-state index contributed by atoms with van der Waals surface area (Å²) in [7, 11) is 1.61. The van der Waals surface area contributed by atoms with Crippen LogP contribution in [0.5, 0.6) is 5.75 Å². The van der Waals surface area contributed by atoms with E-state index in [2.05, 4.69) is 64.3 Å². The molecule has 0 bridgehead atoms. The number of hydrogen-bond acceptors (Lipinski definition) is 5. The van der Waals surface area contributed by atoms with Gasteiger partial charge >= 0.3 is 0 Å². The van der Waals surface area contributed by atoms with Crippen molar-refractivity contribution in [3.63, 3.8) is 0 Å². The summed E-state index contributed by atoms with van der Waals surface area (Å²) in [6, 6.07) is 23.8. The smallest absolute Gasteiger partial charge is 0.251 e. The third-order valence-electron chi connectivity index (χ3n) is 5.86. The second-order valence-electron chi connectivity index (χ2n) is 8.05. The normalized spacial score (nSPS) is 10.8. The van der Waals surface area contributed by atoms with Gasteiger partial charge in [0.15, 0.2) is 11.0 Å². The molecule has 0 fully saturated rings. The Kier molecular flexibility index (Phi) is 8.21. The Morgan fingerprint density at radius 2 is 1.60 bits per heavy atom. The number of aromatic nitrogens is 3. The summed E-state index contributed by atoms with van der Waals surface area (Å²) in [5.74, 6) is 2.04. The molecule has 1 heterocycles. The zero-order valence-corrected chi connectivity index (χ0v) is 21.1. The van der Waals surface area contributed by atoms with Crippen molar-refractivity contribution in [1.82, 2.24) is 20.1 Å². The lowest BCUT2D eigenvalue weighted by molar-refractivity contribution is 0.0949. The van der Waals surface area contributed by atoms with Crippen LogP contribution in [0.1, 0.15) is 46.7 Å². The summed E-state index contributed by atoms with van der Waals surface area (Å²) in [4.78, 5) is 12.8. The standard InChI is InChI=1S/C28H30N4O2S/c1-4-21-12-9-13-22(5-2)26(21)32-25(18-29-27(33)23-14-16-24(34-3)17-15-23)30-31-28(32)35-19-20-10-7-6-8-11-20/h6-17H,4-5,18-19H2,1-3H3,(H,29,33). The van der Waals surface area contributed by atoms with Crippen LogP contribution >= 0.6 is 11.8 Å². The van der Waals surface area contributed by atoms with Gasteiger partial charge in [0.25, 0.3) is 5.91 Å². The number of amides is 1. The van der Waals surface area contributed by atoms with Crippen molar-refractivity contribution >= 4 is 17.7 Å². The van der Waals surface area contributed by atoms with E-state index in [-0.39, 0.29) is 12.5 Å². The van der Waals surface area contributed by atoms with Gasteiger partial charge in [-0.2, -0.15) is 0 Å². The van der Waals surface area contributed by atoms with Gasteiger partial charge in [-0.25, -0.2) is 0 Å². The van der Waals surface area contributed by atoms with Gasteiger partial charge in [-0.15, -0.1) is 10.2 Å². The van der Waals surface area contributed by atoms with Gasteiger partial charge in [0.2, 0.25) is 0 Å². The van der Waals surface area contributed by atoms with Gasteiger partial charge in [-0.3, -0.25) is 9.36 Å². The van der Waals surface area contributed by atoms with E-state index in [0.717, 1.165) is 29.4 Å². The zero-order valence-electron chi connectivity index (χ0n) is 20.3. The summed E-state index contributed by atoms with van der Waals surface area (Å²) in [5, 5.41) is 12.9. The highest BCUT2D eigenvalue weighted by molar-refractivity contribution is 7.98. The number of nitrogens with one attached hydrogen (secondary N) is 1. The molecule has 0 atom stereocenters. The number of methoxy groups -OCH3 is 1. The van der Waals surface area contributed by atoms with Crippen molar-refractivity contribution in [2.24, 2.45) is 0 Å². The molecule has 0 saturated heterocycles. The summed E-state index contributed by atoms with van der Waals surface area (Å²) in [6.07, 6.45) is 1.78. The lowest BCUT2D eigenvalue weighted by Crippen LogP contribution is -2.25. The first kappa shape index (κ1) is 24.5. The second kappa shape index (κ2) is 11.7. The SMILES string of the molecule is CCc1cccc(CC)c1-n1c(CNC(=O)c2ccc(OC)cc2)nnc1SCc1ccccc1. The highest BCUT2D eigenvalue weighted by atomic mass is 32.2. The fraction of sp³-hybridized carbons (Fsp3) is 0.250. The molecule has 180 valence electrons. The predicted octanol–water partition coefficient (Wildman–Crippen LogP) is 5.62. The molecule has 6 nitrogen and oxygen atoms in total. The van der Waals surface area contributed by atoms with Gasteiger partial charge in [0.05, 0.1) is 19.3 Å². The Hall–Kier alpha value is -3.58. The van der Waals surface area contributed by atoms with Crippen molar-refractivity contribution < 1.29 is 9.53 Å². The minimum atomic E-state index is -0.166. The largest absolute Gasteiger partial charge is 0.497 e. The number of hydrogen-bond donors (Lipinski definition) is 1. The number of benzene rings is 3. The quantitative estimate of drug-likeness (QED) is 0.295. The number of carbonyl (C=O) groups excluding carboxylic acids is 1. The third kappa shape index (κ3) is 5.74. The van der Waals surface area contributed by atoms with Crippen molar-refractivity contribution in [2.75, 3.05) is 7.11 Å². The van der Waals surface area contributed by atoms with Crippen molar-refractivity contribution in [2.45, 2.75) is 44.1 Å². The van der Waals surface area contributed by atoms with E-state index in [1.54, 1.807) is 43.1 Å². The molecule has 0 aliphatic rings. The van der Waals surface area contributed by atoms with Crippen LogP contribution in [0.25, 0.3) is 5.69 Å². The van der Waals surface area contributed by atoms with Crippen molar-refractivity contribution in [3.8, 4) is 11.4 Å². The average molecular weight is 487 g/mol. The highest BCUT2D eigenvalue weighted by Crippen LogP contribution is 2.30. The minimum Gasteiger partial charge on any atom is -0.497 e. The van der Waals surface area contributed by atoms with Crippen LogP contribution in [-0.2, 0) is 25.1 Å². The molecule has 1 amide bonds. The fourth-order valence-electron chi connectivity index (χ4n) is 3.96. The van der Waals surface area contributed by atoms with Crippen molar-refractivity contribution in [3.05, 3.63) is 101 Å². The first-order valence-corrected chi connectivity index (χ1v) is 12.8. The number of carbonyl (C=O) groups is 1. The van der Waals surface area contributed by atoms with E-state index in [9.17, 15) is 4.79 Å². The topological polar surface area (TPSA) is 69.0 Å². The van der Waals surface area contributed by atoms with Crippen molar-refractivity contribution in [1.29, 1.82) is 0 Å². The van der Waals surface area contributed by atoms with Gasteiger partial charge in [0.1, 0.15) is 5.75 Å². The minimum absolute atomic E-state index is 0.166. The first-order chi connectivity index (χ1) is 17.1. The maximum atomic E-state index is 12.8. The van der Waals surface area contributed by atoms with E-state index in [1.165, 1.54) is 16.7 Å². The van der Waals surface area contributed by atoms with E-state index in [1.807, 2.05) is 18.2 Å². The van der Waals surface area contributed by atoms with Gasteiger partial charge in [-0.05, 0) is 53.8 Å². The number of aryl methyl sites for hydroxylation is 2. The maximum Gasteiger partial charge on any atom is 0.251 e. The number of thioether (sulfide) groups is 1. The molecular weight excluding hydrogens is 456 g/mol. The Labute approximate surface area is 210 Å². The molecule has 1 N–H and O–H groups in total. The predicted molar refractivity (Wildman–Crippen MR) is 140 cm³/mol. The monoisotopic (exact) mass is 486 g/mol. The number of para-hydroxylation sites is 1. The molecule has 0 radical (unpaired) electrons. The van der Waals surface area contributed by atoms with Gasteiger partial charge in [-0.1, -0.05) is 74.1 Å². The summed E-state index contributed by atoms with van der Waals surface area (Å²) >= 11 is 1.65. The molecule has 1 aromatic heterocycles. The Morgan fingerprint density at radius 3 is 2.23 bits per heavy atom. The van der Waals surface area contributed by atoms with E-state index in [4.69, 9.17) is 4.74 Å². The molecule has 35 heavy (non-hydrogen) atoms. The van der Waals surface area contributed by atoms with Crippen LogP contribution < -0.4 is 10.1 Å². The molecule has 3 aromatic carbocycles. The van der Waals surface area contributed by atoms with Crippen LogP contribution in [0.4, 0.5) is 0 Å². The Balaban J connectivity index is 1.65. The van der Waals surface area contributed by atoms with Gasteiger partial charge < -0.3 is 10.1 Å². The molecular formula is C28H30N4O2S. The molecule has 0 aliphatic heterocycles. The molecule has 4 rings (SSSR count). The Morgan fingerprint density at radius 1 is 0.914 bits per heavy atom. The lowest BCUT2D eigenvalue weighted by atomic mass is 10.0. The second-order valence-corrected chi connectivity index (χ2v) is 8.99. The fourth-order valence-corrected chi connectivity index (χ4v) is 4.87. The molecule has 0 saturated carbocycles. The number of nitrogens with zero attached hydrogens (tertiary/aromatic N) is 3. The van der Waals surface area contributed by atoms with E-state index >= 15 is 0 Å². The first-order valence-electron chi connectivity index (χ1n) is 11.8. The van der Waals surface area contributed by atoms with E-state index < -0.39 is 0 Å². The Bertz CT molecular complexity index is 1250. The van der Waals surface area contributed by atoms with Crippen LogP contribution in [0, 0.1) is 0 Å². The molecule has 0 spiro atoms. The highest BCUT2D eigenvalue weighted by Gasteiger charge is 2.20. The molecule has 0 unspecified atom stereocenters. The van der Waals surface area contributed by atoms with E-state index in [0.29, 0.717) is 17.1 Å². The lowest BCUT2D eigenvalue weighted by Gasteiger charge is -2.18. The molecule has 7 heteroatoms. The maximum absolute atomic E-state index is 12.8. The summed E-state index contributed by atoms with van der Waals surface area (Å²) in [6.45, 7) is 4.58. The van der Waals surface area contributed by atoms with Crippen LogP contribution in [0.3, 0.4) is 0 Å². The van der Waals surface area contributed by atoms with Crippen LogP contribution in [0.2, 0.25) is 0 Å². The van der Waals surface area contributed by atoms with Crippen LogP contribution in [-0.4, -0.2) is 27.8 Å². The zero-order chi connectivity index (χ0) is 24.6. The van der Waals surface area contributed by atoms with Gasteiger partial charge in [0, 0.05) is 11.3 Å². The molecule has 4 aromatic rings. The summed E-state index contributed by atoms with van der Waals surface area (Å²) < 4.78 is 7.31.